The van der Waals surface area contributed by atoms with E-state index in [1.807, 2.05) is 54.3 Å². The van der Waals surface area contributed by atoms with Crippen molar-refractivity contribution in [3.63, 3.8) is 0 Å². The van der Waals surface area contributed by atoms with Crippen molar-refractivity contribution in [3.8, 4) is 5.75 Å². The Morgan fingerprint density at radius 2 is 1.69 bits per heavy atom. The third kappa shape index (κ3) is 4.06. The lowest BCUT2D eigenvalue weighted by atomic mass is 10.1. The molecule has 2 saturated heterocycles. The minimum Gasteiger partial charge on any atom is -0.492 e. The highest BCUT2D eigenvalue weighted by atomic mass is 16.5. The van der Waals surface area contributed by atoms with Crippen LogP contribution in [0.3, 0.4) is 0 Å². The maximum absolute atomic E-state index is 13.1. The van der Waals surface area contributed by atoms with Crippen molar-refractivity contribution in [1.29, 1.82) is 0 Å². The van der Waals surface area contributed by atoms with Crippen LogP contribution in [0, 0.1) is 5.92 Å². The summed E-state index contributed by atoms with van der Waals surface area (Å²) >= 11 is 0. The van der Waals surface area contributed by atoms with Crippen LogP contribution in [0.1, 0.15) is 13.3 Å². The molecule has 0 N–H and O–H groups in total. The number of piperazine rings is 1. The fourth-order valence-corrected chi connectivity index (χ4v) is 4.15. The van der Waals surface area contributed by atoms with Crippen molar-refractivity contribution in [2.75, 3.05) is 49.1 Å². The van der Waals surface area contributed by atoms with E-state index in [0.717, 1.165) is 18.8 Å². The highest BCUT2D eigenvalue weighted by Gasteiger charge is 2.38. The molecule has 0 bridgehead atoms. The number of para-hydroxylation sites is 3. The second kappa shape index (κ2) is 8.55. The standard InChI is InChI=1S/C23H27N3O3/c1-2-29-21-11-7-6-10-20(21)26-17-18(16-22(26)27)23(28)25-14-12-24(13-15-25)19-8-4-3-5-9-19/h3-11,18H,2,12-17H2,1H3/t18-/m1/s1. The van der Waals surface area contributed by atoms with Crippen LogP contribution >= 0.6 is 0 Å². The monoisotopic (exact) mass is 393 g/mol. The van der Waals surface area contributed by atoms with Crippen molar-refractivity contribution in [2.24, 2.45) is 5.92 Å². The number of carbonyl (C=O) groups excluding carboxylic acids is 2. The second-order valence-corrected chi connectivity index (χ2v) is 7.45. The summed E-state index contributed by atoms with van der Waals surface area (Å²) < 4.78 is 5.67. The molecular weight excluding hydrogens is 366 g/mol. The molecule has 4 rings (SSSR count). The van der Waals surface area contributed by atoms with E-state index < -0.39 is 0 Å². The number of hydrogen-bond donors (Lipinski definition) is 0. The van der Waals surface area contributed by atoms with Crippen LogP contribution in [0.4, 0.5) is 11.4 Å². The molecule has 2 aromatic rings. The predicted molar refractivity (Wildman–Crippen MR) is 113 cm³/mol. The Balaban J connectivity index is 1.39. The number of ether oxygens (including phenoxy) is 1. The molecule has 0 radical (unpaired) electrons. The smallest absolute Gasteiger partial charge is 0.228 e. The van der Waals surface area contributed by atoms with Gasteiger partial charge in [-0.3, -0.25) is 9.59 Å². The lowest BCUT2D eigenvalue weighted by Crippen LogP contribution is -2.50. The largest absolute Gasteiger partial charge is 0.492 e. The average molecular weight is 393 g/mol. The van der Waals surface area contributed by atoms with E-state index in [4.69, 9.17) is 4.74 Å². The molecule has 2 fully saturated rings. The van der Waals surface area contributed by atoms with Crippen LogP contribution in [0.2, 0.25) is 0 Å². The van der Waals surface area contributed by atoms with Crippen LogP contribution in [-0.2, 0) is 9.59 Å². The van der Waals surface area contributed by atoms with Gasteiger partial charge in [0.1, 0.15) is 5.75 Å². The zero-order chi connectivity index (χ0) is 20.2. The summed E-state index contributed by atoms with van der Waals surface area (Å²) in [5.74, 6) is 0.467. The number of nitrogens with zero attached hydrogens (tertiary/aromatic N) is 3. The summed E-state index contributed by atoms with van der Waals surface area (Å²) in [5.41, 5.74) is 1.94. The van der Waals surface area contributed by atoms with E-state index in [9.17, 15) is 9.59 Å². The zero-order valence-corrected chi connectivity index (χ0v) is 16.8. The van der Waals surface area contributed by atoms with Gasteiger partial charge in [-0.15, -0.1) is 0 Å². The molecule has 0 aromatic heterocycles. The lowest BCUT2D eigenvalue weighted by Gasteiger charge is -2.37. The van der Waals surface area contributed by atoms with Gasteiger partial charge >= 0.3 is 0 Å². The van der Waals surface area contributed by atoms with Crippen LogP contribution < -0.4 is 14.5 Å². The second-order valence-electron chi connectivity index (χ2n) is 7.45. The number of carbonyl (C=O) groups is 2. The fraction of sp³-hybridized carbons (Fsp3) is 0.391. The molecule has 6 heteroatoms. The molecule has 0 unspecified atom stereocenters. The van der Waals surface area contributed by atoms with Crippen molar-refractivity contribution >= 4 is 23.2 Å². The first-order valence-electron chi connectivity index (χ1n) is 10.3. The minimum absolute atomic E-state index is 0.0153. The molecule has 2 heterocycles. The molecule has 2 aliphatic rings. The summed E-state index contributed by atoms with van der Waals surface area (Å²) in [4.78, 5) is 31.6. The van der Waals surface area contributed by atoms with E-state index >= 15 is 0 Å². The van der Waals surface area contributed by atoms with Crippen molar-refractivity contribution in [1.82, 2.24) is 4.90 Å². The Kier molecular flexibility index (Phi) is 5.69. The van der Waals surface area contributed by atoms with Gasteiger partial charge in [0.2, 0.25) is 11.8 Å². The number of benzene rings is 2. The van der Waals surface area contributed by atoms with Gasteiger partial charge in [0.25, 0.3) is 0 Å². The molecule has 2 aliphatic heterocycles. The first-order valence-corrected chi connectivity index (χ1v) is 10.3. The van der Waals surface area contributed by atoms with Gasteiger partial charge in [-0.2, -0.15) is 0 Å². The van der Waals surface area contributed by atoms with Gasteiger partial charge in [0, 0.05) is 44.8 Å². The maximum atomic E-state index is 13.1. The fourth-order valence-electron chi connectivity index (χ4n) is 4.15. The van der Waals surface area contributed by atoms with Gasteiger partial charge in [0.15, 0.2) is 0 Å². The first kappa shape index (κ1) is 19.3. The van der Waals surface area contributed by atoms with Gasteiger partial charge in [-0.25, -0.2) is 0 Å². The van der Waals surface area contributed by atoms with Crippen molar-refractivity contribution < 1.29 is 14.3 Å². The van der Waals surface area contributed by atoms with Crippen LogP contribution in [-0.4, -0.2) is 56.0 Å². The molecule has 29 heavy (non-hydrogen) atoms. The number of hydrogen-bond acceptors (Lipinski definition) is 4. The highest BCUT2D eigenvalue weighted by molar-refractivity contribution is 6.01. The molecule has 6 nitrogen and oxygen atoms in total. The van der Waals surface area contributed by atoms with E-state index in [0.29, 0.717) is 32.0 Å². The van der Waals surface area contributed by atoms with Crippen molar-refractivity contribution in [2.45, 2.75) is 13.3 Å². The SMILES string of the molecule is CCOc1ccccc1N1C[C@H](C(=O)N2CCN(c3ccccc3)CC2)CC1=O. The molecule has 1 atom stereocenters. The highest BCUT2D eigenvalue weighted by Crippen LogP contribution is 2.33. The van der Waals surface area contributed by atoms with Gasteiger partial charge in [-0.05, 0) is 31.2 Å². The molecule has 2 amide bonds. The minimum atomic E-state index is -0.291. The molecular formula is C23H27N3O3. The van der Waals surface area contributed by atoms with Gasteiger partial charge in [0.05, 0.1) is 18.2 Å². The van der Waals surface area contributed by atoms with E-state index in [1.54, 1.807) is 4.90 Å². The molecule has 2 aromatic carbocycles. The molecule has 0 spiro atoms. The maximum Gasteiger partial charge on any atom is 0.228 e. The summed E-state index contributed by atoms with van der Waals surface area (Å²) in [6, 6.07) is 17.8. The number of rotatable bonds is 5. The van der Waals surface area contributed by atoms with Crippen LogP contribution in [0.15, 0.2) is 54.6 Å². The summed E-state index contributed by atoms with van der Waals surface area (Å²) in [7, 11) is 0. The Labute approximate surface area is 171 Å². The van der Waals surface area contributed by atoms with Gasteiger partial charge in [-0.1, -0.05) is 30.3 Å². The summed E-state index contributed by atoms with van der Waals surface area (Å²) in [5, 5.41) is 0. The molecule has 152 valence electrons. The van der Waals surface area contributed by atoms with Gasteiger partial charge < -0.3 is 19.4 Å². The zero-order valence-electron chi connectivity index (χ0n) is 16.8. The van der Waals surface area contributed by atoms with Crippen molar-refractivity contribution in [3.05, 3.63) is 54.6 Å². The Morgan fingerprint density at radius 1 is 1.00 bits per heavy atom. The third-order valence-corrected chi connectivity index (χ3v) is 5.64. The first-order chi connectivity index (χ1) is 14.2. The number of anilines is 2. The third-order valence-electron chi connectivity index (χ3n) is 5.64. The summed E-state index contributed by atoms with van der Waals surface area (Å²) in [6.07, 6.45) is 0.262. The number of amides is 2. The molecule has 0 saturated carbocycles. The average Bonchev–Trinajstić information content (AvgIpc) is 3.16. The summed E-state index contributed by atoms with van der Waals surface area (Å²) in [6.45, 7) is 5.88. The van der Waals surface area contributed by atoms with E-state index in [1.165, 1.54) is 5.69 Å². The Morgan fingerprint density at radius 3 is 2.41 bits per heavy atom. The predicted octanol–water partition coefficient (Wildman–Crippen LogP) is 2.79. The quantitative estimate of drug-likeness (QED) is 0.784. The normalized spacial score (nSPS) is 19.6. The molecule has 0 aliphatic carbocycles. The van der Waals surface area contributed by atoms with E-state index in [2.05, 4.69) is 17.0 Å². The lowest BCUT2D eigenvalue weighted by molar-refractivity contribution is -0.136. The van der Waals surface area contributed by atoms with Crippen LogP contribution in [0.25, 0.3) is 0 Å². The Hall–Kier alpha value is -3.02. The van der Waals surface area contributed by atoms with E-state index in [-0.39, 0.29) is 24.2 Å². The van der Waals surface area contributed by atoms with Crippen LogP contribution in [0.5, 0.6) is 5.75 Å². The topological polar surface area (TPSA) is 53.1 Å². The Bertz CT molecular complexity index is 863.